The number of fused-ring (bicyclic) bond motifs is 1. The molecular formula is C18H14ClNO3. The van der Waals surface area contributed by atoms with Gasteiger partial charge in [-0.25, -0.2) is 9.78 Å². The number of carboxylic acids is 1. The van der Waals surface area contributed by atoms with Crippen LogP contribution in [0.5, 0.6) is 5.75 Å². The summed E-state index contributed by atoms with van der Waals surface area (Å²) < 4.78 is 5.44. The molecule has 0 unspecified atom stereocenters. The lowest BCUT2D eigenvalue weighted by Crippen LogP contribution is -2.01. The van der Waals surface area contributed by atoms with Crippen LogP contribution in [0.4, 0.5) is 0 Å². The summed E-state index contributed by atoms with van der Waals surface area (Å²) in [6.45, 7) is 2.39. The largest absolute Gasteiger partial charge is 0.494 e. The third-order valence-electron chi connectivity index (χ3n) is 3.47. The Labute approximate surface area is 138 Å². The van der Waals surface area contributed by atoms with Gasteiger partial charge in [-0.2, -0.15) is 0 Å². The fourth-order valence-electron chi connectivity index (χ4n) is 2.45. The Bertz CT molecular complexity index is 893. The number of nitrogens with zero attached hydrogens (tertiary/aromatic N) is 1. The van der Waals surface area contributed by atoms with Gasteiger partial charge in [-0.05, 0) is 37.3 Å². The number of carbonyl (C=O) groups is 1. The lowest BCUT2D eigenvalue weighted by Gasteiger charge is -2.10. The van der Waals surface area contributed by atoms with Crippen molar-refractivity contribution in [1.82, 2.24) is 4.98 Å². The van der Waals surface area contributed by atoms with Gasteiger partial charge in [0, 0.05) is 16.0 Å². The van der Waals surface area contributed by atoms with Crippen LogP contribution in [0, 0.1) is 0 Å². The molecule has 0 bridgehead atoms. The van der Waals surface area contributed by atoms with Gasteiger partial charge in [0.2, 0.25) is 0 Å². The quantitative estimate of drug-likeness (QED) is 0.757. The lowest BCUT2D eigenvalue weighted by atomic mass is 10.0. The van der Waals surface area contributed by atoms with Crippen molar-refractivity contribution >= 4 is 28.5 Å². The minimum Gasteiger partial charge on any atom is -0.494 e. The third kappa shape index (κ3) is 2.98. The molecule has 0 spiro atoms. The molecule has 0 saturated heterocycles. The van der Waals surface area contributed by atoms with Crippen molar-refractivity contribution in [3.63, 3.8) is 0 Å². The minimum absolute atomic E-state index is 0.173. The predicted molar refractivity (Wildman–Crippen MR) is 90.3 cm³/mol. The Hall–Kier alpha value is -2.59. The second kappa shape index (κ2) is 6.26. The van der Waals surface area contributed by atoms with Crippen molar-refractivity contribution in [3.05, 3.63) is 59.1 Å². The van der Waals surface area contributed by atoms with E-state index in [2.05, 4.69) is 4.98 Å². The average Bonchev–Trinajstić information content (AvgIpc) is 2.54. The van der Waals surface area contributed by atoms with Crippen LogP contribution in [-0.2, 0) is 0 Å². The second-order valence-corrected chi connectivity index (χ2v) is 5.36. The summed E-state index contributed by atoms with van der Waals surface area (Å²) in [6.07, 6.45) is 0. The summed E-state index contributed by atoms with van der Waals surface area (Å²) >= 11 is 6.20. The van der Waals surface area contributed by atoms with Crippen molar-refractivity contribution in [3.8, 4) is 17.0 Å². The molecule has 23 heavy (non-hydrogen) atoms. The molecule has 2 aromatic carbocycles. The van der Waals surface area contributed by atoms with Crippen LogP contribution < -0.4 is 4.74 Å². The normalized spacial score (nSPS) is 10.7. The first-order chi connectivity index (χ1) is 11.1. The van der Waals surface area contributed by atoms with Gasteiger partial charge in [-0.15, -0.1) is 0 Å². The summed E-state index contributed by atoms with van der Waals surface area (Å²) in [7, 11) is 0. The molecule has 1 N–H and O–H groups in total. The first-order valence-corrected chi connectivity index (χ1v) is 7.53. The summed E-state index contributed by atoms with van der Waals surface area (Å²) in [5.74, 6) is -0.394. The van der Waals surface area contributed by atoms with Crippen LogP contribution in [0.25, 0.3) is 22.2 Å². The van der Waals surface area contributed by atoms with Crippen molar-refractivity contribution in [2.24, 2.45) is 0 Å². The highest BCUT2D eigenvalue weighted by atomic mass is 35.5. The first-order valence-electron chi connectivity index (χ1n) is 7.16. The number of hydrogen-bond acceptors (Lipinski definition) is 3. The minimum atomic E-state index is -1.01. The molecule has 0 aliphatic heterocycles. The number of hydrogen-bond donors (Lipinski definition) is 1. The van der Waals surface area contributed by atoms with Gasteiger partial charge >= 0.3 is 5.97 Å². The first kappa shape index (κ1) is 15.3. The maximum absolute atomic E-state index is 11.7. The highest BCUT2D eigenvalue weighted by Crippen LogP contribution is 2.31. The Morgan fingerprint density at radius 2 is 2.00 bits per heavy atom. The molecule has 0 saturated carbocycles. The summed E-state index contributed by atoms with van der Waals surface area (Å²) in [5.41, 5.74) is 1.99. The van der Waals surface area contributed by atoms with Gasteiger partial charge in [0.25, 0.3) is 0 Å². The van der Waals surface area contributed by atoms with Crippen molar-refractivity contribution < 1.29 is 14.6 Å². The average molecular weight is 328 g/mol. The Morgan fingerprint density at radius 1 is 1.22 bits per heavy atom. The lowest BCUT2D eigenvalue weighted by molar-refractivity contribution is 0.0699. The number of ether oxygens (including phenoxy) is 1. The van der Waals surface area contributed by atoms with Crippen LogP contribution in [0.1, 0.15) is 17.3 Å². The van der Waals surface area contributed by atoms with Gasteiger partial charge < -0.3 is 9.84 Å². The van der Waals surface area contributed by atoms with E-state index in [-0.39, 0.29) is 5.56 Å². The molecule has 0 atom stereocenters. The maximum Gasteiger partial charge on any atom is 0.336 e. The van der Waals surface area contributed by atoms with E-state index in [1.165, 1.54) is 0 Å². The maximum atomic E-state index is 11.7. The van der Waals surface area contributed by atoms with Crippen molar-refractivity contribution in [2.45, 2.75) is 6.92 Å². The molecule has 1 heterocycles. The molecule has 116 valence electrons. The van der Waals surface area contributed by atoms with Gasteiger partial charge in [0.05, 0.1) is 23.4 Å². The SMILES string of the molecule is CCOc1ccc2nc(-c3ccccc3Cl)cc(C(=O)O)c2c1. The number of pyridine rings is 1. The van der Waals surface area contributed by atoms with E-state index in [1.807, 2.05) is 25.1 Å². The molecule has 1 aromatic heterocycles. The monoisotopic (exact) mass is 327 g/mol. The van der Waals surface area contributed by atoms with E-state index in [9.17, 15) is 9.90 Å². The fraction of sp³-hybridized carbons (Fsp3) is 0.111. The van der Waals surface area contributed by atoms with Crippen LogP contribution in [-0.4, -0.2) is 22.7 Å². The second-order valence-electron chi connectivity index (χ2n) is 4.95. The Balaban J connectivity index is 2.25. The third-order valence-corrected chi connectivity index (χ3v) is 3.80. The van der Waals surface area contributed by atoms with Gasteiger partial charge in [-0.1, -0.05) is 29.8 Å². The summed E-state index contributed by atoms with van der Waals surface area (Å²) in [5, 5.41) is 10.6. The molecule has 0 aliphatic rings. The van der Waals surface area contributed by atoms with E-state index in [0.29, 0.717) is 39.5 Å². The Morgan fingerprint density at radius 3 is 2.70 bits per heavy atom. The Kier molecular flexibility index (Phi) is 4.17. The number of aromatic carboxylic acids is 1. The van der Waals surface area contributed by atoms with E-state index in [0.717, 1.165) is 0 Å². The molecule has 3 aromatic rings. The van der Waals surface area contributed by atoms with Crippen LogP contribution in [0.15, 0.2) is 48.5 Å². The smallest absolute Gasteiger partial charge is 0.336 e. The topological polar surface area (TPSA) is 59.4 Å². The molecule has 0 fully saturated rings. The number of rotatable bonds is 4. The van der Waals surface area contributed by atoms with E-state index in [1.54, 1.807) is 30.3 Å². The number of carboxylic acid groups (broad SMARTS) is 1. The molecular weight excluding hydrogens is 314 g/mol. The van der Waals surface area contributed by atoms with Crippen molar-refractivity contribution in [2.75, 3.05) is 6.61 Å². The molecule has 3 rings (SSSR count). The summed E-state index contributed by atoms with van der Waals surface area (Å²) in [6, 6.07) is 14.0. The standard InChI is InChI=1S/C18H14ClNO3/c1-2-23-11-7-8-16-13(9-11)14(18(21)22)10-17(20-16)12-5-3-4-6-15(12)19/h3-10H,2H2,1H3,(H,21,22). The highest BCUT2D eigenvalue weighted by molar-refractivity contribution is 6.33. The molecule has 0 aliphatic carbocycles. The van der Waals surface area contributed by atoms with Gasteiger partial charge in [-0.3, -0.25) is 0 Å². The zero-order chi connectivity index (χ0) is 16.4. The molecule has 0 radical (unpaired) electrons. The van der Waals surface area contributed by atoms with Crippen LogP contribution in [0.2, 0.25) is 5.02 Å². The summed E-state index contributed by atoms with van der Waals surface area (Å²) in [4.78, 5) is 16.2. The predicted octanol–water partition coefficient (Wildman–Crippen LogP) is 4.65. The van der Waals surface area contributed by atoms with Crippen molar-refractivity contribution in [1.29, 1.82) is 0 Å². The van der Waals surface area contributed by atoms with Gasteiger partial charge in [0.15, 0.2) is 0 Å². The van der Waals surface area contributed by atoms with E-state index < -0.39 is 5.97 Å². The molecule has 4 nitrogen and oxygen atoms in total. The number of aromatic nitrogens is 1. The molecule has 0 amide bonds. The number of halogens is 1. The highest BCUT2D eigenvalue weighted by Gasteiger charge is 2.15. The zero-order valence-corrected chi connectivity index (χ0v) is 13.2. The van der Waals surface area contributed by atoms with Gasteiger partial charge in [0.1, 0.15) is 5.75 Å². The molecule has 5 heteroatoms. The fourth-order valence-corrected chi connectivity index (χ4v) is 2.68. The van der Waals surface area contributed by atoms with Crippen LogP contribution >= 0.6 is 11.6 Å². The zero-order valence-electron chi connectivity index (χ0n) is 12.4. The van der Waals surface area contributed by atoms with E-state index >= 15 is 0 Å². The van der Waals surface area contributed by atoms with E-state index in [4.69, 9.17) is 16.3 Å². The number of benzene rings is 2. The van der Waals surface area contributed by atoms with Crippen LogP contribution in [0.3, 0.4) is 0 Å².